The number of rotatable bonds is 6. The van der Waals surface area contributed by atoms with Crippen molar-refractivity contribution >= 4 is 0 Å². The van der Waals surface area contributed by atoms with Crippen molar-refractivity contribution in [3.8, 4) is 5.75 Å². The number of aromatic nitrogens is 1. The summed E-state index contributed by atoms with van der Waals surface area (Å²) in [5, 5.41) is 3.45. The number of benzene rings is 1. The smallest absolute Gasteiger partial charge is 0.138 e. The van der Waals surface area contributed by atoms with E-state index in [0.29, 0.717) is 12.6 Å². The summed E-state index contributed by atoms with van der Waals surface area (Å²) in [5.41, 5.74) is 3.51. The van der Waals surface area contributed by atoms with Crippen LogP contribution in [0.5, 0.6) is 5.75 Å². The van der Waals surface area contributed by atoms with Gasteiger partial charge in [-0.2, -0.15) is 0 Å². The molecule has 1 saturated carbocycles. The minimum absolute atomic E-state index is 0.586. The van der Waals surface area contributed by atoms with Gasteiger partial charge in [0.05, 0.1) is 11.9 Å². The van der Waals surface area contributed by atoms with Crippen LogP contribution in [0, 0.1) is 6.92 Å². The lowest BCUT2D eigenvalue weighted by Crippen LogP contribution is -2.16. The van der Waals surface area contributed by atoms with Gasteiger partial charge in [-0.25, -0.2) is 0 Å². The third-order valence-corrected chi connectivity index (χ3v) is 3.43. The maximum absolute atomic E-state index is 5.76. The van der Waals surface area contributed by atoms with Crippen molar-refractivity contribution in [2.24, 2.45) is 0 Å². The second-order valence-electron chi connectivity index (χ2n) is 5.42. The van der Waals surface area contributed by atoms with Crippen LogP contribution in [0.3, 0.4) is 0 Å². The minimum Gasteiger partial charge on any atom is -0.487 e. The fourth-order valence-electron chi connectivity index (χ4n) is 2.11. The first-order valence-corrected chi connectivity index (χ1v) is 7.16. The lowest BCUT2D eigenvalue weighted by Gasteiger charge is -2.08. The molecule has 1 aliphatic carbocycles. The molecule has 0 spiro atoms. The molecule has 0 atom stereocenters. The lowest BCUT2D eigenvalue weighted by molar-refractivity contribution is 0.304. The molecule has 0 unspecified atom stereocenters. The number of pyridine rings is 1. The highest BCUT2D eigenvalue weighted by Gasteiger charge is 2.19. The van der Waals surface area contributed by atoms with Gasteiger partial charge in [0.1, 0.15) is 12.4 Å². The average Bonchev–Trinajstić information content (AvgIpc) is 3.28. The van der Waals surface area contributed by atoms with Crippen LogP contribution in [0.15, 0.2) is 42.6 Å². The zero-order valence-electron chi connectivity index (χ0n) is 11.8. The maximum atomic E-state index is 5.76. The van der Waals surface area contributed by atoms with Crippen LogP contribution in [-0.4, -0.2) is 11.0 Å². The largest absolute Gasteiger partial charge is 0.487 e. The van der Waals surface area contributed by atoms with Crippen molar-refractivity contribution in [2.75, 3.05) is 0 Å². The Morgan fingerprint density at radius 1 is 1.25 bits per heavy atom. The van der Waals surface area contributed by atoms with Gasteiger partial charge < -0.3 is 10.1 Å². The highest BCUT2D eigenvalue weighted by molar-refractivity contribution is 5.24. The molecule has 0 amide bonds. The molecule has 104 valence electrons. The summed E-state index contributed by atoms with van der Waals surface area (Å²) in [6.45, 7) is 3.53. The molecular formula is C17H20N2O. The normalized spacial score (nSPS) is 14.2. The second-order valence-corrected chi connectivity index (χ2v) is 5.42. The summed E-state index contributed by atoms with van der Waals surface area (Å²) in [6.07, 6.45) is 4.41. The summed E-state index contributed by atoms with van der Waals surface area (Å²) in [7, 11) is 0. The van der Waals surface area contributed by atoms with Gasteiger partial charge in [0.15, 0.2) is 0 Å². The third-order valence-electron chi connectivity index (χ3n) is 3.43. The first kappa shape index (κ1) is 13.1. The fraction of sp³-hybridized carbons (Fsp3) is 0.353. The molecule has 1 aromatic carbocycles. The molecule has 0 radical (unpaired) electrons. The number of nitrogens with one attached hydrogen (secondary N) is 1. The van der Waals surface area contributed by atoms with Crippen molar-refractivity contribution in [1.82, 2.24) is 10.3 Å². The number of nitrogens with zero attached hydrogens (tertiary/aromatic N) is 1. The monoisotopic (exact) mass is 268 g/mol. The van der Waals surface area contributed by atoms with Gasteiger partial charge in [-0.05, 0) is 37.5 Å². The minimum atomic E-state index is 0.586. The summed E-state index contributed by atoms with van der Waals surface area (Å²) in [6, 6.07) is 13.1. The molecule has 0 saturated heterocycles. The highest BCUT2D eigenvalue weighted by atomic mass is 16.5. The topological polar surface area (TPSA) is 34.1 Å². The lowest BCUT2D eigenvalue weighted by atomic mass is 10.1. The maximum Gasteiger partial charge on any atom is 0.138 e. The SMILES string of the molecule is Cc1cccc(COc2ccc(CNC3CC3)nc2)c1. The predicted molar refractivity (Wildman–Crippen MR) is 79.6 cm³/mol. The predicted octanol–water partition coefficient (Wildman–Crippen LogP) is 3.22. The van der Waals surface area contributed by atoms with E-state index in [1.807, 2.05) is 12.1 Å². The quantitative estimate of drug-likeness (QED) is 0.873. The Balaban J connectivity index is 1.52. The van der Waals surface area contributed by atoms with Crippen molar-refractivity contribution in [3.05, 3.63) is 59.4 Å². The Morgan fingerprint density at radius 3 is 2.85 bits per heavy atom. The summed E-state index contributed by atoms with van der Waals surface area (Å²) in [4.78, 5) is 4.42. The summed E-state index contributed by atoms with van der Waals surface area (Å²) in [5.74, 6) is 0.821. The molecular weight excluding hydrogens is 248 g/mol. The van der Waals surface area contributed by atoms with Crippen LogP contribution in [0.25, 0.3) is 0 Å². The van der Waals surface area contributed by atoms with E-state index in [1.54, 1.807) is 6.20 Å². The van der Waals surface area contributed by atoms with Crippen molar-refractivity contribution in [3.63, 3.8) is 0 Å². The van der Waals surface area contributed by atoms with Crippen LogP contribution in [0.4, 0.5) is 0 Å². The van der Waals surface area contributed by atoms with E-state index >= 15 is 0 Å². The first-order valence-electron chi connectivity index (χ1n) is 7.16. The van der Waals surface area contributed by atoms with E-state index in [-0.39, 0.29) is 0 Å². The molecule has 0 bridgehead atoms. The van der Waals surface area contributed by atoms with Crippen molar-refractivity contribution in [1.29, 1.82) is 0 Å². The van der Waals surface area contributed by atoms with E-state index in [1.165, 1.54) is 24.0 Å². The molecule has 0 aliphatic heterocycles. The van der Waals surface area contributed by atoms with Crippen LogP contribution < -0.4 is 10.1 Å². The van der Waals surface area contributed by atoms with Gasteiger partial charge in [0.25, 0.3) is 0 Å². The molecule has 1 N–H and O–H groups in total. The highest BCUT2D eigenvalue weighted by Crippen LogP contribution is 2.19. The number of hydrogen-bond donors (Lipinski definition) is 1. The molecule has 3 heteroatoms. The van der Waals surface area contributed by atoms with Gasteiger partial charge in [-0.15, -0.1) is 0 Å². The molecule has 3 rings (SSSR count). The molecule has 1 heterocycles. The molecule has 1 aromatic heterocycles. The number of hydrogen-bond acceptors (Lipinski definition) is 3. The second kappa shape index (κ2) is 6.06. The molecule has 1 aliphatic rings. The van der Waals surface area contributed by atoms with Gasteiger partial charge in [0, 0.05) is 12.6 Å². The Bertz CT molecular complexity index is 561. The third kappa shape index (κ3) is 3.81. The van der Waals surface area contributed by atoms with Gasteiger partial charge in [-0.1, -0.05) is 29.8 Å². The number of aryl methyl sites for hydroxylation is 1. The van der Waals surface area contributed by atoms with Crippen LogP contribution in [-0.2, 0) is 13.2 Å². The molecule has 1 fully saturated rings. The Hall–Kier alpha value is -1.87. The van der Waals surface area contributed by atoms with Crippen LogP contribution >= 0.6 is 0 Å². The fourth-order valence-corrected chi connectivity index (χ4v) is 2.11. The van der Waals surface area contributed by atoms with Gasteiger partial charge in [-0.3, -0.25) is 4.98 Å². The molecule has 2 aromatic rings. The average molecular weight is 268 g/mol. The standard InChI is InChI=1S/C17H20N2O/c1-13-3-2-4-14(9-13)12-20-17-8-7-16(19-11-17)10-18-15-5-6-15/h2-4,7-9,11,15,18H,5-6,10,12H2,1H3. The van der Waals surface area contributed by atoms with Crippen molar-refractivity contribution in [2.45, 2.75) is 39.0 Å². The Kier molecular flexibility index (Phi) is 3.97. The zero-order chi connectivity index (χ0) is 13.8. The van der Waals surface area contributed by atoms with Gasteiger partial charge >= 0.3 is 0 Å². The number of ether oxygens (including phenoxy) is 1. The Morgan fingerprint density at radius 2 is 2.15 bits per heavy atom. The van der Waals surface area contributed by atoms with E-state index in [9.17, 15) is 0 Å². The van der Waals surface area contributed by atoms with Crippen LogP contribution in [0.2, 0.25) is 0 Å². The zero-order valence-corrected chi connectivity index (χ0v) is 11.8. The Labute approximate surface area is 120 Å². The van der Waals surface area contributed by atoms with E-state index in [0.717, 1.165) is 18.0 Å². The molecule has 3 nitrogen and oxygen atoms in total. The van der Waals surface area contributed by atoms with E-state index in [2.05, 4.69) is 41.5 Å². The van der Waals surface area contributed by atoms with Crippen molar-refractivity contribution < 1.29 is 4.74 Å². The summed E-state index contributed by atoms with van der Waals surface area (Å²) < 4.78 is 5.76. The summed E-state index contributed by atoms with van der Waals surface area (Å²) >= 11 is 0. The van der Waals surface area contributed by atoms with Gasteiger partial charge in [0.2, 0.25) is 0 Å². The van der Waals surface area contributed by atoms with E-state index in [4.69, 9.17) is 4.74 Å². The van der Waals surface area contributed by atoms with Crippen LogP contribution in [0.1, 0.15) is 29.7 Å². The molecule has 20 heavy (non-hydrogen) atoms. The first-order chi connectivity index (χ1) is 9.79. The van der Waals surface area contributed by atoms with E-state index < -0.39 is 0 Å².